The molecule has 2 aromatic carbocycles. The molecule has 0 bridgehead atoms. The summed E-state index contributed by atoms with van der Waals surface area (Å²) >= 11 is 7.16. The van der Waals surface area contributed by atoms with E-state index >= 15 is 0 Å². The van der Waals surface area contributed by atoms with Gasteiger partial charge in [0.2, 0.25) is 0 Å². The Morgan fingerprint density at radius 1 is 1.22 bits per heavy atom. The molecule has 0 saturated heterocycles. The number of thiazole rings is 1. The maximum atomic E-state index is 13.7. The van der Waals surface area contributed by atoms with Crippen LogP contribution in [0.15, 0.2) is 47.8 Å². The Kier molecular flexibility index (Phi) is 4.41. The van der Waals surface area contributed by atoms with Crippen LogP contribution in [-0.4, -0.2) is 10.9 Å². The number of aryl methyl sites for hydroxylation is 1. The molecule has 0 fully saturated rings. The lowest BCUT2D eigenvalue weighted by molar-refractivity contribution is 0.102. The van der Waals surface area contributed by atoms with Crippen molar-refractivity contribution in [2.45, 2.75) is 6.92 Å². The Balaban J connectivity index is 1.82. The number of carbonyl (C=O) groups is 1. The highest BCUT2D eigenvalue weighted by molar-refractivity contribution is 7.14. The van der Waals surface area contributed by atoms with E-state index in [0.29, 0.717) is 5.13 Å². The van der Waals surface area contributed by atoms with E-state index < -0.39 is 11.7 Å². The molecule has 0 spiro atoms. The Hall–Kier alpha value is -2.24. The number of anilines is 1. The van der Waals surface area contributed by atoms with Gasteiger partial charge in [-0.05, 0) is 19.1 Å². The van der Waals surface area contributed by atoms with E-state index in [0.717, 1.165) is 16.8 Å². The first-order valence-electron chi connectivity index (χ1n) is 6.82. The quantitative estimate of drug-likeness (QED) is 0.711. The van der Waals surface area contributed by atoms with Gasteiger partial charge in [-0.1, -0.05) is 47.5 Å². The average Bonchev–Trinajstić information content (AvgIpc) is 2.96. The second-order valence-electron chi connectivity index (χ2n) is 4.95. The summed E-state index contributed by atoms with van der Waals surface area (Å²) in [7, 11) is 0. The van der Waals surface area contributed by atoms with Crippen LogP contribution in [0.25, 0.3) is 11.3 Å². The maximum Gasteiger partial charge on any atom is 0.261 e. The molecule has 3 nitrogen and oxygen atoms in total. The number of amides is 1. The fourth-order valence-electron chi connectivity index (χ4n) is 2.06. The monoisotopic (exact) mass is 346 g/mol. The first kappa shape index (κ1) is 15.6. The average molecular weight is 347 g/mol. The third-order valence-corrected chi connectivity index (χ3v) is 4.33. The number of nitrogens with one attached hydrogen (secondary N) is 1. The first-order valence-corrected chi connectivity index (χ1v) is 8.08. The van der Waals surface area contributed by atoms with Crippen molar-refractivity contribution in [2.75, 3.05) is 5.32 Å². The largest absolute Gasteiger partial charge is 0.298 e. The number of benzene rings is 2. The van der Waals surface area contributed by atoms with Gasteiger partial charge in [0.1, 0.15) is 5.82 Å². The van der Waals surface area contributed by atoms with Crippen LogP contribution >= 0.6 is 22.9 Å². The fraction of sp³-hybridized carbons (Fsp3) is 0.0588. The van der Waals surface area contributed by atoms with Gasteiger partial charge in [-0.15, -0.1) is 11.3 Å². The number of halogens is 2. The molecule has 1 heterocycles. The molecule has 0 atom stereocenters. The lowest BCUT2D eigenvalue weighted by Gasteiger charge is -2.05. The van der Waals surface area contributed by atoms with Crippen molar-refractivity contribution >= 4 is 34.0 Å². The Morgan fingerprint density at radius 3 is 2.65 bits per heavy atom. The second kappa shape index (κ2) is 6.48. The number of carbonyl (C=O) groups excluding carboxylic acids is 1. The number of aromatic nitrogens is 1. The predicted octanol–water partition coefficient (Wildman–Crippen LogP) is 5.16. The summed E-state index contributed by atoms with van der Waals surface area (Å²) in [6.45, 7) is 2.01. The van der Waals surface area contributed by atoms with Gasteiger partial charge in [-0.2, -0.15) is 0 Å². The molecule has 3 rings (SSSR count). The Labute approximate surface area is 141 Å². The Morgan fingerprint density at radius 2 is 1.96 bits per heavy atom. The molecular formula is C17H12ClFN2OS. The zero-order chi connectivity index (χ0) is 16.4. The molecule has 0 aliphatic rings. The molecule has 0 unspecified atom stereocenters. The summed E-state index contributed by atoms with van der Waals surface area (Å²) in [5.41, 5.74) is 2.69. The number of nitrogens with zero attached hydrogens (tertiary/aromatic N) is 1. The van der Waals surface area contributed by atoms with Crippen LogP contribution in [0.1, 0.15) is 15.9 Å². The zero-order valence-electron chi connectivity index (χ0n) is 12.1. The van der Waals surface area contributed by atoms with E-state index in [4.69, 9.17) is 11.6 Å². The summed E-state index contributed by atoms with van der Waals surface area (Å²) in [6, 6.07) is 12.0. The second-order valence-corrected chi connectivity index (χ2v) is 6.22. The molecule has 3 aromatic rings. The normalized spacial score (nSPS) is 10.6. The minimum atomic E-state index is -0.662. The lowest BCUT2D eigenvalue weighted by atomic mass is 10.1. The van der Waals surface area contributed by atoms with E-state index in [1.807, 2.05) is 36.6 Å². The number of rotatable bonds is 3. The molecule has 1 N–H and O–H groups in total. The lowest BCUT2D eigenvalue weighted by Crippen LogP contribution is -2.14. The van der Waals surface area contributed by atoms with Gasteiger partial charge in [0.25, 0.3) is 5.91 Å². The summed E-state index contributed by atoms with van der Waals surface area (Å²) < 4.78 is 13.7. The van der Waals surface area contributed by atoms with Crippen molar-refractivity contribution in [3.05, 3.63) is 69.8 Å². The standard InChI is InChI=1S/C17H12ClFN2OS/c1-10-5-7-11(8-6-10)14-9-23-17(20-14)21-16(22)15-12(18)3-2-4-13(15)19/h2-9H,1H3,(H,20,21,22). The van der Waals surface area contributed by atoms with E-state index in [2.05, 4.69) is 10.3 Å². The molecule has 23 heavy (non-hydrogen) atoms. The zero-order valence-corrected chi connectivity index (χ0v) is 13.7. The molecule has 6 heteroatoms. The van der Waals surface area contributed by atoms with Crippen molar-refractivity contribution < 1.29 is 9.18 Å². The van der Waals surface area contributed by atoms with Crippen LogP contribution in [-0.2, 0) is 0 Å². The summed E-state index contributed by atoms with van der Waals surface area (Å²) in [5.74, 6) is -1.27. The number of hydrogen-bond acceptors (Lipinski definition) is 3. The van der Waals surface area contributed by atoms with E-state index in [9.17, 15) is 9.18 Å². The van der Waals surface area contributed by atoms with Crippen LogP contribution < -0.4 is 5.32 Å². The molecule has 116 valence electrons. The predicted molar refractivity (Wildman–Crippen MR) is 91.7 cm³/mol. The SMILES string of the molecule is Cc1ccc(-c2csc(NC(=O)c3c(F)cccc3Cl)n2)cc1. The van der Waals surface area contributed by atoms with Crippen LogP contribution in [0.5, 0.6) is 0 Å². The highest BCUT2D eigenvalue weighted by Gasteiger charge is 2.17. The van der Waals surface area contributed by atoms with Crippen molar-refractivity contribution in [3.8, 4) is 11.3 Å². The third-order valence-electron chi connectivity index (χ3n) is 3.26. The van der Waals surface area contributed by atoms with Gasteiger partial charge in [0.15, 0.2) is 5.13 Å². The van der Waals surface area contributed by atoms with E-state index in [-0.39, 0.29) is 10.6 Å². The minimum Gasteiger partial charge on any atom is -0.298 e. The van der Waals surface area contributed by atoms with Gasteiger partial charge in [0, 0.05) is 10.9 Å². The number of hydrogen-bond donors (Lipinski definition) is 1. The van der Waals surface area contributed by atoms with Gasteiger partial charge >= 0.3 is 0 Å². The summed E-state index contributed by atoms with van der Waals surface area (Å²) in [5, 5.41) is 4.88. The molecule has 1 aromatic heterocycles. The minimum absolute atomic E-state index is 0.0674. The van der Waals surface area contributed by atoms with Crippen molar-refractivity contribution in [1.29, 1.82) is 0 Å². The third kappa shape index (κ3) is 3.41. The highest BCUT2D eigenvalue weighted by Crippen LogP contribution is 2.26. The molecule has 0 radical (unpaired) electrons. The van der Waals surface area contributed by atoms with Crippen LogP contribution in [0.3, 0.4) is 0 Å². The van der Waals surface area contributed by atoms with Gasteiger partial charge in [-0.3, -0.25) is 10.1 Å². The molecular weight excluding hydrogens is 335 g/mol. The smallest absolute Gasteiger partial charge is 0.261 e. The van der Waals surface area contributed by atoms with E-state index in [1.165, 1.54) is 29.5 Å². The first-order chi connectivity index (χ1) is 11.0. The summed E-state index contributed by atoms with van der Waals surface area (Å²) in [6.07, 6.45) is 0. The van der Waals surface area contributed by atoms with Crippen LogP contribution in [0, 0.1) is 12.7 Å². The van der Waals surface area contributed by atoms with Gasteiger partial charge in [0.05, 0.1) is 16.3 Å². The maximum absolute atomic E-state index is 13.7. The van der Waals surface area contributed by atoms with Crippen LogP contribution in [0.2, 0.25) is 5.02 Å². The molecule has 0 aliphatic heterocycles. The van der Waals surface area contributed by atoms with Crippen molar-refractivity contribution in [3.63, 3.8) is 0 Å². The molecule has 0 aliphatic carbocycles. The molecule has 1 amide bonds. The van der Waals surface area contributed by atoms with Crippen molar-refractivity contribution in [1.82, 2.24) is 4.98 Å². The highest BCUT2D eigenvalue weighted by atomic mass is 35.5. The van der Waals surface area contributed by atoms with E-state index in [1.54, 1.807) is 0 Å². The van der Waals surface area contributed by atoms with Crippen molar-refractivity contribution in [2.24, 2.45) is 0 Å². The van der Waals surface area contributed by atoms with Gasteiger partial charge < -0.3 is 0 Å². The fourth-order valence-corrected chi connectivity index (χ4v) is 3.03. The topological polar surface area (TPSA) is 42.0 Å². The van der Waals surface area contributed by atoms with Gasteiger partial charge in [-0.25, -0.2) is 9.37 Å². The summed E-state index contributed by atoms with van der Waals surface area (Å²) in [4.78, 5) is 16.5. The Bertz CT molecular complexity index is 841. The van der Waals surface area contributed by atoms with Crippen LogP contribution in [0.4, 0.5) is 9.52 Å². The molecule has 0 saturated carbocycles.